The first kappa shape index (κ1) is 24.6. The molecule has 0 spiro atoms. The van der Waals surface area contributed by atoms with E-state index in [0.29, 0.717) is 23.2 Å². The van der Waals surface area contributed by atoms with Crippen LogP contribution in [-0.4, -0.2) is 56.4 Å². The van der Waals surface area contributed by atoms with Crippen molar-refractivity contribution in [1.82, 2.24) is 24.5 Å². The average Bonchev–Trinajstić information content (AvgIpc) is 3.52. The second-order valence-corrected chi connectivity index (χ2v) is 12.0. The highest BCUT2D eigenvalue weighted by Gasteiger charge is 2.31. The lowest BCUT2D eigenvalue weighted by Gasteiger charge is -2.33. The molecule has 0 atom stereocenters. The Labute approximate surface area is 215 Å². The highest BCUT2D eigenvalue weighted by molar-refractivity contribution is 7.19. The van der Waals surface area contributed by atoms with Gasteiger partial charge in [-0.25, -0.2) is 14.3 Å². The molecular weight excluding hydrogens is 474 g/mol. The molecule has 0 bridgehead atoms. The van der Waals surface area contributed by atoms with Gasteiger partial charge in [0.25, 0.3) is 0 Å². The van der Waals surface area contributed by atoms with Crippen molar-refractivity contribution in [2.24, 2.45) is 0 Å². The Morgan fingerprint density at radius 2 is 1.97 bits per heavy atom. The number of fused-ring (bicyclic) bond motifs is 2. The number of likely N-dealkylation sites (tertiary alicyclic amines) is 1. The van der Waals surface area contributed by atoms with Crippen molar-refractivity contribution in [1.29, 1.82) is 0 Å². The summed E-state index contributed by atoms with van der Waals surface area (Å²) in [4.78, 5) is 25.0. The summed E-state index contributed by atoms with van der Waals surface area (Å²) in [5, 5.41) is 5.66. The maximum atomic E-state index is 12.5. The zero-order valence-electron chi connectivity index (χ0n) is 22.1. The van der Waals surface area contributed by atoms with E-state index in [-0.39, 0.29) is 6.09 Å². The van der Waals surface area contributed by atoms with Gasteiger partial charge in [0.05, 0.1) is 12.8 Å². The molecule has 4 aromatic heterocycles. The summed E-state index contributed by atoms with van der Waals surface area (Å²) in [6.45, 7) is 13.9. The Hall–Kier alpha value is -3.07. The molecule has 1 aliphatic rings. The zero-order valence-corrected chi connectivity index (χ0v) is 23.0. The van der Waals surface area contributed by atoms with Gasteiger partial charge in [-0.3, -0.25) is 0 Å². The van der Waals surface area contributed by atoms with Crippen LogP contribution in [0.3, 0.4) is 0 Å². The lowest BCUT2D eigenvalue weighted by molar-refractivity contribution is 0.0205. The van der Waals surface area contributed by atoms with E-state index in [1.54, 1.807) is 18.0 Å². The van der Waals surface area contributed by atoms with Gasteiger partial charge in [-0.2, -0.15) is 5.10 Å². The van der Waals surface area contributed by atoms with Gasteiger partial charge < -0.3 is 19.4 Å². The smallest absolute Gasteiger partial charge is 0.410 e. The fourth-order valence-electron chi connectivity index (χ4n) is 5.28. The van der Waals surface area contributed by atoms with Crippen LogP contribution in [0.15, 0.2) is 18.6 Å². The highest BCUT2D eigenvalue weighted by atomic mass is 32.1. The minimum Gasteiger partial charge on any atom is -0.493 e. The molecule has 1 aliphatic heterocycles. The van der Waals surface area contributed by atoms with Crippen LogP contribution in [0.25, 0.3) is 27.1 Å². The SMILES string of the molecule is COc1cc(-c2[nH]c3sc(C4CCN(C(=O)OC(C)(C)C)CC4)c(C)c3c2C(C)C)cn2ncnc12. The number of carbonyl (C=O) groups is 1. The summed E-state index contributed by atoms with van der Waals surface area (Å²) in [5.41, 5.74) is 5.05. The quantitative estimate of drug-likeness (QED) is 0.340. The maximum Gasteiger partial charge on any atom is 0.410 e. The number of hydrogen-bond acceptors (Lipinski definition) is 6. The Kier molecular flexibility index (Phi) is 6.22. The standard InChI is InChI=1S/C27H35N5O3S/c1-15(2)20-21-16(3)23(17-8-10-31(11-9-17)26(33)35-27(4,5)6)36-25(21)30-22(20)18-12-19(34-7)24-28-14-29-32(24)13-18/h12-15,17,30H,8-11H2,1-7H3. The fourth-order valence-corrected chi connectivity index (χ4v) is 6.67. The van der Waals surface area contributed by atoms with Crippen LogP contribution < -0.4 is 4.74 Å². The Bertz CT molecular complexity index is 1420. The molecule has 4 aromatic rings. The third-order valence-electron chi connectivity index (χ3n) is 6.91. The van der Waals surface area contributed by atoms with Gasteiger partial charge in [0.2, 0.25) is 0 Å². The van der Waals surface area contributed by atoms with Crippen molar-refractivity contribution in [3.63, 3.8) is 0 Å². The number of aryl methyl sites for hydroxylation is 1. The van der Waals surface area contributed by atoms with Crippen molar-refractivity contribution in [3.8, 4) is 17.0 Å². The van der Waals surface area contributed by atoms with Gasteiger partial charge in [-0.15, -0.1) is 11.3 Å². The van der Waals surface area contributed by atoms with E-state index in [9.17, 15) is 4.79 Å². The number of hydrogen-bond donors (Lipinski definition) is 1. The van der Waals surface area contributed by atoms with Gasteiger partial charge in [-0.05, 0) is 69.6 Å². The molecule has 0 unspecified atom stereocenters. The number of carbonyl (C=O) groups excluding carboxylic acids is 1. The van der Waals surface area contributed by atoms with Crippen LogP contribution in [-0.2, 0) is 4.74 Å². The molecule has 1 amide bonds. The largest absolute Gasteiger partial charge is 0.493 e. The summed E-state index contributed by atoms with van der Waals surface area (Å²) in [6, 6.07) is 2.04. The third kappa shape index (κ3) is 4.34. The lowest BCUT2D eigenvalue weighted by Crippen LogP contribution is -2.41. The molecule has 192 valence electrons. The number of rotatable bonds is 4. The van der Waals surface area contributed by atoms with Gasteiger partial charge in [0.15, 0.2) is 11.4 Å². The molecule has 0 aromatic carbocycles. The second-order valence-electron chi connectivity index (χ2n) is 10.9. The molecule has 1 saturated heterocycles. The number of methoxy groups -OCH3 is 1. The Balaban J connectivity index is 1.47. The zero-order chi connectivity index (χ0) is 25.8. The number of thiophene rings is 1. The number of piperidine rings is 1. The molecule has 1 N–H and O–H groups in total. The van der Waals surface area contributed by atoms with E-state index in [1.165, 1.54) is 26.2 Å². The van der Waals surface area contributed by atoms with Crippen LogP contribution in [0.1, 0.15) is 75.3 Å². The minimum atomic E-state index is -0.468. The highest BCUT2D eigenvalue weighted by Crippen LogP contribution is 2.46. The number of H-pyrrole nitrogens is 1. The number of nitrogens with zero attached hydrogens (tertiary/aromatic N) is 4. The molecule has 8 nitrogen and oxygen atoms in total. The minimum absolute atomic E-state index is 0.206. The summed E-state index contributed by atoms with van der Waals surface area (Å²) >= 11 is 1.86. The molecule has 5 rings (SSSR count). The fraction of sp³-hybridized carbons (Fsp3) is 0.519. The van der Waals surface area contributed by atoms with E-state index in [4.69, 9.17) is 9.47 Å². The number of ether oxygens (including phenoxy) is 2. The van der Waals surface area contributed by atoms with E-state index in [2.05, 4.69) is 35.8 Å². The van der Waals surface area contributed by atoms with Gasteiger partial charge in [0.1, 0.15) is 16.8 Å². The molecule has 1 fully saturated rings. The second kappa shape index (κ2) is 9.10. The van der Waals surface area contributed by atoms with Crippen LogP contribution in [0, 0.1) is 6.92 Å². The number of nitrogens with one attached hydrogen (secondary N) is 1. The predicted octanol–water partition coefficient (Wildman–Crippen LogP) is 6.49. The van der Waals surface area contributed by atoms with E-state index in [0.717, 1.165) is 37.2 Å². The van der Waals surface area contributed by atoms with E-state index < -0.39 is 5.60 Å². The number of amides is 1. The van der Waals surface area contributed by atoms with Crippen LogP contribution in [0.5, 0.6) is 5.75 Å². The van der Waals surface area contributed by atoms with Crippen molar-refractivity contribution in [3.05, 3.63) is 34.6 Å². The Morgan fingerprint density at radius 1 is 1.25 bits per heavy atom. The molecular formula is C27H35N5O3S. The van der Waals surface area contributed by atoms with Crippen molar-refractivity contribution >= 4 is 33.3 Å². The van der Waals surface area contributed by atoms with Crippen molar-refractivity contribution < 1.29 is 14.3 Å². The Morgan fingerprint density at radius 3 is 2.61 bits per heavy atom. The molecule has 0 radical (unpaired) electrons. The first-order valence-electron chi connectivity index (χ1n) is 12.6. The van der Waals surface area contributed by atoms with Crippen molar-refractivity contribution in [2.45, 2.75) is 71.8 Å². The summed E-state index contributed by atoms with van der Waals surface area (Å²) in [7, 11) is 1.66. The molecule has 5 heterocycles. The molecule has 9 heteroatoms. The summed E-state index contributed by atoms with van der Waals surface area (Å²) in [5.74, 6) is 1.48. The summed E-state index contributed by atoms with van der Waals surface area (Å²) < 4.78 is 13.0. The van der Waals surface area contributed by atoms with Crippen LogP contribution in [0.2, 0.25) is 0 Å². The monoisotopic (exact) mass is 509 g/mol. The first-order valence-corrected chi connectivity index (χ1v) is 13.4. The number of aromatic amines is 1. The molecule has 0 aliphatic carbocycles. The maximum absolute atomic E-state index is 12.5. The average molecular weight is 510 g/mol. The number of aromatic nitrogens is 4. The molecule has 36 heavy (non-hydrogen) atoms. The van der Waals surface area contributed by atoms with Gasteiger partial charge in [0, 0.05) is 35.1 Å². The summed E-state index contributed by atoms with van der Waals surface area (Å²) in [6.07, 6.45) is 5.25. The van der Waals surface area contributed by atoms with Gasteiger partial charge in [-0.1, -0.05) is 13.8 Å². The predicted molar refractivity (Wildman–Crippen MR) is 143 cm³/mol. The van der Waals surface area contributed by atoms with E-state index >= 15 is 0 Å². The molecule has 0 saturated carbocycles. The topological polar surface area (TPSA) is 84.8 Å². The first-order chi connectivity index (χ1) is 17.1. The van der Waals surface area contributed by atoms with Crippen LogP contribution in [0.4, 0.5) is 4.79 Å². The van der Waals surface area contributed by atoms with Gasteiger partial charge >= 0.3 is 6.09 Å². The number of pyridine rings is 1. The van der Waals surface area contributed by atoms with Crippen molar-refractivity contribution in [2.75, 3.05) is 20.2 Å². The van der Waals surface area contributed by atoms with Crippen LogP contribution >= 0.6 is 11.3 Å². The van der Waals surface area contributed by atoms with E-state index in [1.807, 2.05) is 49.3 Å². The lowest BCUT2D eigenvalue weighted by atomic mass is 9.90. The normalized spacial score (nSPS) is 15.4. The third-order valence-corrected chi connectivity index (χ3v) is 8.28.